The molecule has 44 heavy (non-hydrogen) atoms. The molecule has 1 atom stereocenters. The van der Waals surface area contributed by atoms with E-state index in [9.17, 15) is 4.79 Å². The van der Waals surface area contributed by atoms with Gasteiger partial charge in [-0.2, -0.15) is 5.10 Å². The number of nitrogens with one attached hydrogen (secondary N) is 2. The number of rotatable bonds is 12. The predicted octanol–water partition coefficient (Wildman–Crippen LogP) is 6.36. The minimum atomic E-state index is -0.344. The number of carbonyl (C=O) groups is 1. The number of H-pyrrole nitrogens is 1. The number of methoxy groups -OCH3 is 1. The van der Waals surface area contributed by atoms with E-state index in [2.05, 4.69) is 68.9 Å². The van der Waals surface area contributed by atoms with Gasteiger partial charge in [-0.1, -0.05) is 66.7 Å². The Kier molecular flexibility index (Phi) is 9.18. The van der Waals surface area contributed by atoms with Gasteiger partial charge in [0, 0.05) is 31.4 Å². The molecule has 0 radical (unpaired) electrons. The SMILES string of the molecule is COc1ccc2c(c1)C[C@@H](C(=O)Nc1ccc(-c3cn[nH]c3)cc1OCCN(Cc1ccccc1)Cc1ccccc1)CO2. The summed E-state index contributed by atoms with van der Waals surface area (Å²) in [5.74, 6) is 1.68. The third-order valence-corrected chi connectivity index (χ3v) is 7.78. The van der Waals surface area contributed by atoms with Crippen molar-refractivity contribution in [2.45, 2.75) is 19.5 Å². The van der Waals surface area contributed by atoms with Crippen LogP contribution in [0.4, 0.5) is 5.69 Å². The number of nitrogens with zero attached hydrogens (tertiary/aromatic N) is 2. The molecule has 0 spiro atoms. The second-order valence-electron chi connectivity index (χ2n) is 10.9. The summed E-state index contributed by atoms with van der Waals surface area (Å²) in [5, 5.41) is 10.1. The average molecular weight is 589 g/mol. The quantitative estimate of drug-likeness (QED) is 0.176. The van der Waals surface area contributed by atoms with E-state index in [1.165, 1.54) is 11.1 Å². The first kappa shape index (κ1) is 29.0. The summed E-state index contributed by atoms with van der Waals surface area (Å²) in [6.07, 6.45) is 4.17. The van der Waals surface area contributed by atoms with Gasteiger partial charge >= 0.3 is 0 Å². The lowest BCUT2D eigenvalue weighted by Gasteiger charge is -2.26. The van der Waals surface area contributed by atoms with Crippen molar-refractivity contribution in [3.8, 4) is 28.4 Å². The molecule has 4 aromatic carbocycles. The molecule has 6 rings (SSSR count). The maximum Gasteiger partial charge on any atom is 0.231 e. The summed E-state index contributed by atoms with van der Waals surface area (Å²) in [7, 11) is 1.63. The average Bonchev–Trinajstić information content (AvgIpc) is 3.61. The molecule has 1 aliphatic heterocycles. The van der Waals surface area contributed by atoms with Crippen LogP contribution in [0.2, 0.25) is 0 Å². The maximum absolute atomic E-state index is 13.5. The summed E-state index contributed by atoms with van der Waals surface area (Å²) in [6.45, 7) is 3.04. The van der Waals surface area contributed by atoms with Gasteiger partial charge in [0.15, 0.2) is 0 Å². The van der Waals surface area contributed by atoms with Crippen LogP contribution in [0.15, 0.2) is 109 Å². The highest BCUT2D eigenvalue weighted by Crippen LogP contribution is 2.34. The third-order valence-electron chi connectivity index (χ3n) is 7.78. The van der Waals surface area contributed by atoms with Gasteiger partial charge in [-0.05, 0) is 59.0 Å². The summed E-state index contributed by atoms with van der Waals surface area (Å²) >= 11 is 0. The highest BCUT2D eigenvalue weighted by Gasteiger charge is 2.27. The summed E-state index contributed by atoms with van der Waals surface area (Å²) in [4.78, 5) is 15.9. The van der Waals surface area contributed by atoms with E-state index < -0.39 is 0 Å². The molecule has 0 fully saturated rings. The molecule has 1 aromatic heterocycles. The summed E-state index contributed by atoms with van der Waals surface area (Å²) in [5.41, 5.74) is 5.95. The van der Waals surface area contributed by atoms with E-state index in [1.807, 2.05) is 54.7 Å². The van der Waals surface area contributed by atoms with Crippen molar-refractivity contribution >= 4 is 11.6 Å². The number of hydrogen-bond acceptors (Lipinski definition) is 6. The molecule has 0 unspecified atom stereocenters. The number of aromatic amines is 1. The lowest BCUT2D eigenvalue weighted by atomic mass is 9.95. The van der Waals surface area contributed by atoms with Gasteiger partial charge in [-0.25, -0.2) is 0 Å². The highest BCUT2D eigenvalue weighted by atomic mass is 16.5. The maximum atomic E-state index is 13.5. The molecule has 8 nitrogen and oxygen atoms in total. The molecule has 0 aliphatic carbocycles. The lowest BCUT2D eigenvalue weighted by molar-refractivity contribution is -0.121. The molecule has 0 saturated carbocycles. The fourth-order valence-electron chi connectivity index (χ4n) is 5.42. The second kappa shape index (κ2) is 13.9. The zero-order valence-corrected chi connectivity index (χ0v) is 24.7. The number of benzene rings is 4. The van der Waals surface area contributed by atoms with Crippen molar-refractivity contribution in [1.29, 1.82) is 0 Å². The van der Waals surface area contributed by atoms with Crippen LogP contribution in [-0.2, 0) is 24.3 Å². The van der Waals surface area contributed by atoms with Crippen LogP contribution in [0.25, 0.3) is 11.1 Å². The Morgan fingerprint density at radius 2 is 1.70 bits per heavy atom. The first-order chi connectivity index (χ1) is 21.6. The number of hydrogen-bond donors (Lipinski definition) is 2. The lowest BCUT2D eigenvalue weighted by Crippen LogP contribution is -2.32. The Bertz CT molecular complexity index is 1620. The molecule has 0 bridgehead atoms. The van der Waals surface area contributed by atoms with Crippen LogP contribution in [0, 0.1) is 5.92 Å². The smallest absolute Gasteiger partial charge is 0.231 e. The van der Waals surface area contributed by atoms with E-state index in [0.717, 1.165) is 41.3 Å². The van der Waals surface area contributed by atoms with Gasteiger partial charge in [0.25, 0.3) is 0 Å². The molecule has 224 valence electrons. The highest BCUT2D eigenvalue weighted by molar-refractivity contribution is 5.95. The Morgan fingerprint density at radius 3 is 2.39 bits per heavy atom. The first-order valence-electron chi connectivity index (χ1n) is 14.8. The van der Waals surface area contributed by atoms with E-state index in [1.54, 1.807) is 13.3 Å². The van der Waals surface area contributed by atoms with Crippen LogP contribution in [0.5, 0.6) is 17.2 Å². The molecule has 1 aliphatic rings. The number of anilines is 1. The van der Waals surface area contributed by atoms with Crippen LogP contribution in [-0.4, -0.2) is 47.9 Å². The van der Waals surface area contributed by atoms with Crippen molar-refractivity contribution in [1.82, 2.24) is 15.1 Å². The number of fused-ring (bicyclic) bond motifs is 1. The van der Waals surface area contributed by atoms with Crippen LogP contribution < -0.4 is 19.5 Å². The van der Waals surface area contributed by atoms with Crippen molar-refractivity contribution < 1.29 is 19.0 Å². The van der Waals surface area contributed by atoms with Crippen LogP contribution >= 0.6 is 0 Å². The zero-order chi connectivity index (χ0) is 30.1. The van der Waals surface area contributed by atoms with Gasteiger partial charge < -0.3 is 19.5 Å². The number of ether oxygens (including phenoxy) is 3. The monoisotopic (exact) mass is 588 g/mol. The van der Waals surface area contributed by atoms with Gasteiger partial charge in [0.1, 0.15) is 30.5 Å². The van der Waals surface area contributed by atoms with Crippen molar-refractivity contribution in [2.24, 2.45) is 5.92 Å². The Labute approximate surface area is 257 Å². The molecule has 2 heterocycles. The van der Waals surface area contributed by atoms with Crippen molar-refractivity contribution in [2.75, 3.05) is 32.2 Å². The van der Waals surface area contributed by atoms with E-state index in [4.69, 9.17) is 14.2 Å². The first-order valence-corrected chi connectivity index (χ1v) is 14.8. The molecule has 1 amide bonds. The Hall–Kier alpha value is -5.08. The zero-order valence-electron chi connectivity index (χ0n) is 24.7. The molecular formula is C36H36N4O4. The topological polar surface area (TPSA) is 88.7 Å². The van der Waals surface area contributed by atoms with Crippen molar-refractivity contribution in [3.63, 3.8) is 0 Å². The second-order valence-corrected chi connectivity index (χ2v) is 10.9. The van der Waals surface area contributed by atoms with Gasteiger partial charge in [-0.3, -0.25) is 14.8 Å². The molecule has 2 N–H and O–H groups in total. The molecule has 0 saturated heterocycles. The fraction of sp³-hybridized carbons (Fsp3) is 0.222. The minimum absolute atomic E-state index is 0.117. The van der Waals surface area contributed by atoms with Gasteiger partial charge in [0.2, 0.25) is 5.91 Å². The largest absolute Gasteiger partial charge is 0.497 e. The Morgan fingerprint density at radius 1 is 0.955 bits per heavy atom. The van der Waals surface area contributed by atoms with Crippen LogP contribution in [0.3, 0.4) is 0 Å². The summed E-state index contributed by atoms with van der Waals surface area (Å²) in [6, 6.07) is 32.4. The minimum Gasteiger partial charge on any atom is -0.497 e. The number of carbonyl (C=O) groups excluding carboxylic acids is 1. The van der Waals surface area contributed by atoms with Gasteiger partial charge in [0.05, 0.1) is 24.9 Å². The summed E-state index contributed by atoms with van der Waals surface area (Å²) < 4.78 is 17.7. The normalized spacial score (nSPS) is 14.0. The standard InChI is InChI=1S/C36H36N4O4/c1-42-32-13-15-34-29(19-32)18-30(25-44-34)36(41)39-33-14-12-28(31-21-37-38-22-31)20-35(33)43-17-16-40(23-26-8-4-2-5-9-26)24-27-10-6-3-7-11-27/h2-15,19-22,30H,16-18,23-25H2,1H3,(H,37,38)(H,39,41)/t30-/m1/s1. The van der Waals surface area contributed by atoms with E-state index in [-0.39, 0.29) is 11.8 Å². The number of amides is 1. The van der Waals surface area contributed by atoms with E-state index >= 15 is 0 Å². The molecule has 5 aromatic rings. The van der Waals surface area contributed by atoms with E-state index in [0.29, 0.717) is 37.6 Å². The number of aromatic nitrogens is 2. The fourth-order valence-corrected chi connectivity index (χ4v) is 5.42. The Balaban J connectivity index is 1.17. The molecular weight excluding hydrogens is 552 g/mol. The third kappa shape index (κ3) is 7.27. The predicted molar refractivity (Wildman–Crippen MR) is 171 cm³/mol. The van der Waals surface area contributed by atoms with Crippen LogP contribution in [0.1, 0.15) is 16.7 Å². The molecule has 8 heteroatoms. The van der Waals surface area contributed by atoms with Gasteiger partial charge in [-0.15, -0.1) is 0 Å². The van der Waals surface area contributed by atoms with Crippen molar-refractivity contribution in [3.05, 3.63) is 126 Å².